The van der Waals surface area contributed by atoms with Gasteiger partial charge in [0.1, 0.15) is 0 Å². The molecule has 0 aliphatic rings. The number of carbonyl (C=O) groups excluding carboxylic acids is 4. The Balaban J connectivity index is 0. The van der Waals surface area contributed by atoms with Crippen LogP contribution in [0.3, 0.4) is 0 Å². The molecule has 37 heavy (non-hydrogen) atoms. The fourth-order valence-electron chi connectivity index (χ4n) is 2.70. The van der Waals surface area contributed by atoms with Gasteiger partial charge in [-0.3, -0.25) is 0 Å². The second-order valence-electron chi connectivity index (χ2n) is 9.59. The Morgan fingerprint density at radius 2 is 1.41 bits per heavy atom. The summed E-state index contributed by atoms with van der Waals surface area (Å²) in [5.74, 6) is -2.21. The summed E-state index contributed by atoms with van der Waals surface area (Å²) in [5, 5.41) is 0. The van der Waals surface area contributed by atoms with Crippen molar-refractivity contribution in [3.63, 3.8) is 0 Å². The summed E-state index contributed by atoms with van der Waals surface area (Å²) >= 11 is 0. The summed E-state index contributed by atoms with van der Waals surface area (Å²) in [5.41, 5.74) is 0.809. The highest BCUT2D eigenvalue weighted by Gasteiger charge is 2.21. The largest absolute Gasteiger partial charge is 0.462 e. The van der Waals surface area contributed by atoms with Crippen molar-refractivity contribution in [2.75, 3.05) is 6.61 Å². The molecule has 0 fully saturated rings. The van der Waals surface area contributed by atoms with Gasteiger partial charge in [0.2, 0.25) is 5.76 Å². The molecule has 0 spiro atoms. The molecular formula is C30H48O7. The molecule has 0 atom stereocenters. The van der Waals surface area contributed by atoms with Crippen LogP contribution >= 0.6 is 0 Å². The first kappa shape index (κ1) is 36.2. The third-order valence-corrected chi connectivity index (χ3v) is 4.89. The van der Waals surface area contributed by atoms with Gasteiger partial charge in [0, 0.05) is 17.2 Å². The molecule has 0 amide bonds. The highest BCUT2D eigenvalue weighted by molar-refractivity contribution is 6.02. The lowest BCUT2D eigenvalue weighted by molar-refractivity contribution is -0.159. The van der Waals surface area contributed by atoms with Crippen LogP contribution in [0.5, 0.6) is 0 Å². The normalized spacial score (nSPS) is 10.8. The smallest absolute Gasteiger partial charge is 0.381 e. The molecule has 210 valence electrons. The monoisotopic (exact) mass is 520 g/mol. The maximum atomic E-state index is 12.0. The van der Waals surface area contributed by atoms with Gasteiger partial charge in [-0.2, -0.15) is 0 Å². The van der Waals surface area contributed by atoms with Crippen LogP contribution in [0.1, 0.15) is 99.3 Å². The van der Waals surface area contributed by atoms with E-state index in [0.717, 1.165) is 51.0 Å². The molecule has 0 bridgehead atoms. The van der Waals surface area contributed by atoms with Crippen molar-refractivity contribution in [1.29, 1.82) is 0 Å². The van der Waals surface area contributed by atoms with E-state index in [1.165, 1.54) is 6.08 Å². The van der Waals surface area contributed by atoms with Crippen LogP contribution in [-0.2, 0) is 33.4 Å². The van der Waals surface area contributed by atoms with Gasteiger partial charge in [-0.15, -0.1) is 0 Å². The Morgan fingerprint density at radius 3 is 1.92 bits per heavy atom. The highest BCUT2D eigenvalue weighted by Crippen LogP contribution is 2.14. The zero-order valence-corrected chi connectivity index (χ0v) is 23.9. The molecule has 0 aliphatic heterocycles. The number of hydrogen-bond acceptors (Lipinski definition) is 7. The third kappa shape index (κ3) is 20.9. The maximum Gasteiger partial charge on any atom is 0.381 e. The van der Waals surface area contributed by atoms with Crippen molar-refractivity contribution in [1.82, 2.24) is 0 Å². The van der Waals surface area contributed by atoms with Crippen LogP contribution in [0.4, 0.5) is 0 Å². The number of carbonyl (C=O) groups is 4. The second kappa shape index (κ2) is 22.3. The standard InChI is InChI=1S/C19H28O5.C11H20O2/c1-6-8-9-10-11-16(23-17(20)7-2)19(22)24-18(21)15(5)13-12-14(3)4;1-5-6-7-13-11(12)10(4)8-9(2)3/h7,11,14H,2,5-6,8-10,12-13H2,1,3-4H3;9H,4-8H2,1-3H3. The number of unbranched alkanes of at least 4 members (excludes halogenated alkanes) is 4. The van der Waals surface area contributed by atoms with E-state index in [-0.39, 0.29) is 17.3 Å². The van der Waals surface area contributed by atoms with Gasteiger partial charge in [-0.25, -0.2) is 19.2 Å². The zero-order chi connectivity index (χ0) is 28.8. The molecule has 0 N–H and O–H groups in total. The lowest BCUT2D eigenvalue weighted by Crippen LogP contribution is -2.19. The number of rotatable bonds is 17. The molecule has 7 nitrogen and oxygen atoms in total. The maximum absolute atomic E-state index is 12.0. The topological polar surface area (TPSA) is 96.0 Å². The Kier molecular flexibility index (Phi) is 21.8. The fraction of sp³-hybridized carbons (Fsp3) is 0.600. The van der Waals surface area contributed by atoms with Crippen LogP contribution in [0.15, 0.2) is 48.8 Å². The third-order valence-electron chi connectivity index (χ3n) is 4.89. The highest BCUT2D eigenvalue weighted by atomic mass is 16.6. The van der Waals surface area contributed by atoms with Crippen molar-refractivity contribution < 1.29 is 33.4 Å². The van der Waals surface area contributed by atoms with Gasteiger partial charge in [-0.1, -0.05) is 80.5 Å². The van der Waals surface area contributed by atoms with E-state index >= 15 is 0 Å². The van der Waals surface area contributed by atoms with Crippen molar-refractivity contribution in [2.45, 2.75) is 99.3 Å². The fourth-order valence-corrected chi connectivity index (χ4v) is 2.70. The van der Waals surface area contributed by atoms with Crippen molar-refractivity contribution in [2.24, 2.45) is 11.8 Å². The summed E-state index contributed by atoms with van der Waals surface area (Å²) in [6, 6.07) is 0. The summed E-state index contributed by atoms with van der Waals surface area (Å²) in [4.78, 5) is 46.5. The van der Waals surface area contributed by atoms with Gasteiger partial charge in [-0.05, 0) is 56.4 Å². The lowest BCUT2D eigenvalue weighted by atomic mass is 10.0. The first-order chi connectivity index (χ1) is 17.4. The van der Waals surface area contributed by atoms with Gasteiger partial charge in [0.05, 0.1) is 6.61 Å². The van der Waals surface area contributed by atoms with Crippen LogP contribution in [0.25, 0.3) is 0 Å². The van der Waals surface area contributed by atoms with Crippen molar-refractivity contribution in [3.05, 3.63) is 48.8 Å². The van der Waals surface area contributed by atoms with E-state index in [0.29, 0.717) is 36.9 Å². The minimum absolute atomic E-state index is 0.220. The molecule has 0 aromatic heterocycles. The zero-order valence-electron chi connectivity index (χ0n) is 23.9. The SMILES string of the molecule is C=C(CC(C)C)C(=O)OCCCC.C=CC(=O)OC(=CCCCCC)C(=O)OC(=O)C(=C)CCC(C)C. The first-order valence-electron chi connectivity index (χ1n) is 13.2. The van der Waals surface area contributed by atoms with Crippen molar-refractivity contribution in [3.8, 4) is 0 Å². The molecule has 0 saturated heterocycles. The number of hydrogen-bond donors (Lipinski definition) is 0. The molecule has 0 rings (SSSR count). The summed E-state index contributed by atoms with van der Waals surface area (Å²) in [6.45, 7) is 23.4. The predicted octanol–water partition coefficient (Wildman–Crippen LogP) is 7.17. The minimum Gasteiger partial charge on any atom is -0.462 e. The predicted molar refractivity (Wildman–Crippen MR) is 147 cm³/mol. The van der Waals surface area contributed by atoms with Gasteiger partial charge in [0.15, 0.2) is 0 Å². The van der Waals surface area contributed by atoms with E-state index in [1.807, 2.05) is 13.8 Å². The molecule has 0 heterocycles. The number of ether oxygens (including phenoxy) is 3. The van der Waals surface area contributed by atoms with E-state index in [9.17, 15) is 19.2 Å². The number of esters is 4. The van der Waals surface area contributed by atoms with E-state index < -0.39 is 17.9 Å². The molecule has 0 aromatic carbocycles. The van der Waals surface area contributed by atoms with Crippen LogP contribution in [-0.4, -0.2) is 30.5 Å². The van der Waals surface area contributed by atoms with Crippen LogP contribution < -0.4 is 0 Å². The second-order valence-corrected chi connectivity index (χ2v) is 9.59. The molecule has 0 aliphatic carbocycles. The Morgan fingerprint density at radius 1 is 0.784 bits per heavy atom. The van der Waals surface area contributed by atoms with Gasteiger partial charge >= 0.3 is 23.9 Å². The van der Waals surface area contributed by atoms with Gasteiger partial charge < -0.3 is 14.2 Å². The molecular weight excluding hydrogens is 472 g/mol. The van der Waals surface area contributed by atoms with Crippen LogP contribution in [0, 0.1) is 11.8 Å². The van der Waals surface area contributed by atoms with Crippen LogP contribution in [0.2, 0.25) is 0 Å². The number of allylic oxidation sites excluding steroid dienone is 1. The Labute approximate surface area is 224 Å². The lowest BCUT2D eigenvalue weighted by Gasteiger charge is -2.09. The van der Waals surface area contributed by atoms with E-state index in [1.54, 1.807) is 0 Å². The summed E-state index contributed by atoms with van der Waals surface area (Å²) in [7, 11) is 0. The summed E-state index contributed by atoms with van der Waals surface area (Å²) in [6.07, 6.45) is 9.72. The molecule has 0 unspecified atom stereocenters. The van der Waals surface area contributed by atoms with Crippen molar-refractivity contribution >= 4 is 23.9 Å². The quantitative estimate of drug-likeness (QED) is 0.0501. The average Bonchev–Trinajstić information content (AvgIpc) is 2.83. The minimum atomic E-state index is -0.989. The summed E-state index contributed by atoms with van der Waals surface area (Å²) < 4.78 is 14.6. The van der Waals surface area contributed by atoms with E-state index in [2.05, 4.69) is 47.4 Å². The Hall–Kier alpha value is -2.96. The molecule has 0 radical (unpaired) electrons. The Bertz CT molecular complexity index is 788. The van der Waals surface area contributed by atoms with E-state index in [4.69, 9.17) is 14.2 Å². The first-order valence-corrected chi connectivity index (χ1v) is 13.2. The molecule has 0 aromatic rings. The molecule has 7 heteroatoms. The molecule has 0 saturated carbocycles. The average molecular weight is 521 g/mol. The van der Waals surface area contributed by atoms with Gasteiger partial charge in [0.25, 0.3) is 0 Å².